The molecule has 0 aliphatic heterocycles. The van der Waals surface area contributed by atoms with Crippen LogP contribution >= 0.6 is 23.1 Å². The second-order valence-electron chi connectivity index (χ2n) is 7.72. The number of ether oxygens (including phenoxy) is 1. The van der Waals surface area contributed by atoms with E-state index in [4.69, 9.17) is 4.74 Å². The van der Waals surface area contributed by atoms with E-state index in [9.17, 15) is 0 Å². The van der Waals surface area contributed by atoms with Crippen LogP contribution in [-0.2, 0) is 12.8 Å². The molecule has 3 nitrogen and oxygen atoms in total. The maximum atomic E-state index is 5.60. The van der Waals surface area contributed by atoms with Gasteiger partial charge >= 0.3 is 0 Å². The van der Waals surface area contributed by atoms with Gasteiger partial charge in [-0.05, 0) is 74.4 Å². The number of hydrogen-bond donors (Lipinski definition) is 0. The first-order valence-corrected chi connectivity index (χ1v) is 12.1. The predicted molar refractivity (Wildman–Crippen MR) is 125 cm³/mol. The zero-order valence-electron chi connectivity index (χ0n) is 17.2. The quantitative estimate of drug-likeness (QED) is 0.324. The lowest BCUT2D eigenvalue weighted by molar-refractivity contribution is 0.340. The van der Waals surface area contributed by atoms with E-state index in [1.807, 2.05) is 18.3 Å². The molecule has 1 aliphatic carbocycles. The van der Waals surface area contributed by atoms with Gasteiger partial charge in [0.15, 0.2) is 0 Å². The predicted octanol–water partition coefficient (Wildman–Crippen LogP) is 6.82. The molecule has 5 rings (SSSR count). The number of benzene rings is 2. The molecular formula is C25H24N2OS2. The molecule has 0 radical (unpaired) electrons. The lowest BCUT2D eigenvalue weighted by Crippen LogP contribution is -2.11. The first-order valence-electron chi connectivity index (χ1n) is 10.4. The Bertz CT molecular complexity index is 1170. The fourth-order valence-electron chi connectivity index (χ4n) is 4.16. The number of aromatic nitrogens is 2. The van der Waals surface area contributed by atoms with Gasteiger partial charge in [-0.2, -0.15) is 0 Å². The van der Waals surface area contributed by atoms with Crippen LogP contribution in [0.3, 0.4) is 0 Å². The van der Waals surface area contributed by atoms with Crippen LogP contribution in [0.25, 0.3) is 10.2 Å². The SMILES string of the molecule is CCOc1ccc(C2CCc3c(sc4ncnc(Sc5ccc(C)cc5)c34)C2)cc1. The molecule has 30 heavy (non-hydrogen) atoms. The summed E-state index contributed by atoms with van der Waals surface area (Å²) in [6.45, 7) is 4.84. The molecule has 0 spiro atoms. The highest BCUT2D eigenvalue weighted by atomic mass is 32.2. The fraction of sp³-hybridized carbons (Fsp3) is 0.280. The van der Waals surface area contributed by atoms with Gasteiger partial charge in [-0.15, -0.1) is 11.3 Å². The average Bonchev–Trinajstić information content (AvgIpc) is 3.15. The number of aryl methyl sites for hydroxylation is 2. The Balaban J connectivity index is 1.43. The summed E-state index contributed by atoms with van der Waals surface area (Å²) in [5.74, 6) is 1.51. The van der Waals surface area contributed by atoms with Crippen molar-refractivity contribution in [1.82, 2.24) is 9.97 Å². The Hall–Kier alpha value is -2.37. The molecule has 4 aromatic rings. The van der Waals surface area contributed by atoms with Gasteiger partial charge in [-0.25, -0.2) is 9.97 Å². The molecule has 1 atom stereocenters. The molecule has 0 fully saturated rings. The summed E-state index contributed by atoms with van der Waals surface area (Å²) < 4.78 is 5.60. The minimum absolute atomic E-state index is 0.558. The normalized spacial score (nSPS) is 15.9. The van der Waals surface area contributed by atoms with Gasteiger partial charge < -0.3 is 4.74 Å². The molecule has 0 saturated heterocycles. The molecule has 1 aliphatic rings. The van der Waals surface area contributed by atoms with Crippen molar-refractivity contribution in [2.24, 2.45) is 0 Å². The number of rotatable bonds is 5. The molecule has 2 heterocycles. The largest absolute Gasteiger partial charge is 0.494 e. The summed E-state index contributed by atoms with van der Waals surface area (Å²) in [7, 11) is 0. The van der Waals surface area contributed by atoms with Crippen molar-refractivity contribution in [2.45, 2.75) is 48.9 Å². The lowest BCUT2D eigenvalue weighted by atomic mass is 9.83. The van der Waals surface area contributed by atoms with Gasteiger partial charge in [0.05, 0.1) is 6.61 Å². The number of thiophene rings is 1. The van der Waals surface area contributed by atoms with Crippen molar-refractivity contribution in [3.63, 3.8) is 0 Å². The molecule has 1 unspecified atom stereocenters. The topological polar surface area (TPSA) is 35.0 Å². The summed E-state index contributed by atoms with van der Waals surface area (Å²) in [6.07, 6.45) is 5.04. The van der Waals surface area contributed by atoms with E-state index in [0.29, 0.717) is 12.5 Å². The smallest absolute Gasteiger partial charge is 0.128 e. The van der Waals surface area contributed by atoms with Crippen molar-refractivity contribution >= 4 is 33.3 Å². The number of fused-ring (bicyclic) bond motifs is 3. The molecule has 5 heteroatoms. The van der Waals surface area contributed by atoms with Crippen LogP contribution in [0.15, 0.2) is 64.8 Å². The molecule has 152 valence electrons. The number of hydrogen-bond acceptors (Lipinski definition) is 5. The molecule has 0 bridgehead atoms. The van der Waals surface area contributed by atoms with Crippen LogP contribution < -0.4 is 4.74 Å². The van der Waals surface area contributed by atoms with E-state index in [1.165, 1.54) is 31.8 Å². The van der Waals surface area contributed by atoms with Crippen molar-refractivity contribution < 1.29 is 4.74 Å². The Kier molecular flexibility index (Phi) is 5.48. The molecule has 0 N–H and O–H groups in total. The van der Waals surface area contributed by atoms with E-state index in [2.05, 4.69) is 65.4 Å². The van der Waals surface area contributed by atoms with Gasteiger partial charge in [-0.1, -0.05) is 41.6 Å². The summed E-state index contributed by atoms with van der Waals surface area (Å²) in [5, 5.41) is 2.36. The first kappa shape index (κ1) is 19.6. The second-order valence-corrected chi connectivity index (χ2v) is 9.87. The zero-order chi connectivity index (χ0) is 20.5. The van der Waals surface area contributed by atoms with Gasteiger partial charge in [-0.3, -0.25) is 0 Å². The molecule has 0 amide bonds. The van der Waals surface area contributed by atoms with Gasteiger partial charge in [0.1, 0.15) is 21.9 Å². The van der Waals surface area contributed by atoms with Crippen molar-refractivity contribution in [3.05, 3.63) is 76.4 Å². The third-order valence-electron chi connectivity index (χ3n) is 5.71. The Morgan fingerprint density at radius 3 is 2.63 bits per heavy atom. The minimum atomic E-state index is 0.558. The first-order chi connectivity index (χ1) is 14.7. The van der Waals surface area contributed by atoms with Crippen LogP contribution in [0, 0.1) is 6.92 Å². The van der Waals surface area contributed by atoms with Gasteiger partial charge in [0.2, 0.25) is 0 Å². The van der Waals surface area contributed by atoms with E-state index >= 15 is 0 Å². The highest BCUT2D eigenvalue weighted by Crippen LogP contribution is 2.44. The third kappa shape index (κ3) is 3.84. The van der Waals surface area contributed by atoms with Crippen LogP contribution in [0.5, 0.6) is 5.75 Å². The van der Waals surface area contributed by atoms with Crippen molar-refractivity contribution in [1.29, 1.82) is 0 Å². The van der Waals surface area contributed by atoms with Gasteiger partial charge in [0, 0.05) is 15.2 Å². The summed E-state index contributed by atoms with van der Waals surface area (Å²) in [4.78, 5) is 13.1. The van der Waals surface area contributed by atoms with Crippen molar-refractivity contribution in [2.75, 3.05) is 6.61 Å². The molecule has 0 saturated carbocycles. The number of nitrogens with zero attached hydrogens (tertiary/aromatic N) is 2. The third-order valence-corrected chi connectivity index (χ3v) is 7.88. The lowest BCUT2D eigenvalue weighted by Gasteiger charge is -2.23. The van der Waals surface area contributed by atoms with Gasteiger partial charge in [0.25, 0.3) is 0 Å². The summed E-state index contributed by atoms with van der Waals surface area (Å²) in [5.41, 5.74) is 4.15. The molecular weight excluding hydrogens is 408 g/mol. The van der Waals surface area contributed by atoms with Crippen LogP contribution in [0.4, 0.5) is 0 Å². The Morgan fingerprint density at radius 2 is 1.87 bits per heavy atom. The minimum Gasteiger partial charge on any atom is -0.494 e. The Morgan fingerprint density at radius 1 is 1.07 bits per heavy atom. The Labute approximate surface area is 185 Å². The average molecular weight is 433 g/mol. The maximum Gasteiger partial charge on any atom is 0.128 e. The fourth-order valence-corrected chi connectivity index (χ4v) is 6.41. The van der Waals surface area contributed by atoms with E-state index in [0.717, 1.165) is 34.9 Å². The van der Waals surface area contributed by atoms with E-state index in [1.54, 1.807) is 18.1 Å². The summed E-state index contributed by atoms with van der Waals surface area (Å²) in [6, 6.07) is 17.3. The highest BCUT2D eigenvalue weighted by Gasteiger charge is 2.26. The monoisotopic (exact) mass is 432 g/mol. The van der Waals surface area contributed by atoms with Crippen LogP contribution in [0.2, 0.25) is 0 Å². The standard InChI is InChI=1S/C25H24N2OS2/c1-3-28-19-9-6-17(7-10-19)18-8-13-21-22(14-18)30-25-23(21)24(26-15-27-25)29-20-11-4-16(2)5-12-20/h4-7,9-12,15,18H,3,8,13-14H2,1-2H3. The van der Waals surface area contributed by atoms with E-state index in [-0.39, 0.29) is 0 Å². The summed E-state index contributed by atoms with van der Waals surface area (Å²) >= 11 is 3.60. The zero-order valence-corrected chi connectivity index (χ0v) is 18.9. The maximum absolute atomic E-state index is 5.60. The molecule has 2 aromatic heterocycles. The van der Waals surface area contributed by atoms with Crippen LogP contribution in [-0.4, -0.2) is 16.6 Å². The second kappa shape index (κ2) is 8.40. The molecule has 2 aromatic carbocycles. The van der Waals surface area contributed by atoms with Crippen molar-refractivity contribution in [3.8, 4) is 5.75 Å². The highest BCUT2D eigenvalue weighted by molar-refractivity contribution is 7.99. The van der Waals surface area contributed by atoms with E-state index < -0.39 is 0 Å². The van der Waals surface area contributed by atoms with Crippen LogP contribution in [0.1, 0.15) is 40.8 Å².